The Morgan fingerprint density at radius 3 is 2.34 bits per heavy atom. The lowest BCUT2D eigenvalue weighted by molar-refractivity contribution is -0.141. The van der Waals surface area contributed by atoms with Gasteiger partial charge in [-0.05, 0) is 43.0 Å². The number of unbranched alkanes of at least 4 members (excludes halogenated alkanes) is 1. The molecule has 0 saturated carbocycles. The van der Waals surface area contributed by atoms with Gasteiger partial charge in [-0.2, -0.15) is 13.2 Å². The van der Waals surface area contributed by atoms with Gasteiger partial charge in [0.25, 0.3) is 0 Å². The lowest BCUT2D eigenvalue weighted by Gasteiger charge is -2.37. The molecule has 1 aromatic carbocycles. The van der Waals surface area contributed by atoms with E-state index in [2.05, 4.69) is 22.2 Å². The molecule has 3 amide bonds. The highest BCUT2D eigenvalue weighted by Gasteiger charge is 2.33. The Kier molecular flexibility index (Phi) is 10.3. The fourth-order valence-corrected chi connectivity index (χ4v) is 4.19. The maximum absolute atomic E-state index is 13.4. The number of hydrogen-bond acceptors (Lipinski definition) is 5. The Balaban J connectivity index is 1.57. The Morgan fingerprint density at radius 1 is 1.03 bits per heavy atom. The first-order chi connectivity index (χ1) is 18.2. The van der Waals surface area contributed by atoms with Crippen LogP contribution in [0.4, 0.5) is 18.9 Å². The highest BCUT2D eigenvalue weighted by molar-refractivity contribution is 5.88. The zero-order valence-corrected chi connectivity index (χ0v) is 21.0. The van der Waals surface area contributed by atoms with E-state index in [1.165, 1.54) is 18.3 Å². The van der Waals surface area contributed by atoms with Crippen LogP contribution in [0.1, 0.15) is 30.5 Å². The number of amides is 3. The summed E-state index contributed by atoms with van der Waals surface area (Å²) >= 11 is 0. The molecule has 0 aliphatic carbocycles. The van der Waals surface area contributed by atoms with Gasteiger partial charge in [-0.1, -0.05) is 36.9 Å². The fraction of sp³-hybridized carbons (Fsp3) is 0.407. The van der Waals surface area contributed by atoms with Crippen molar-refractivity contribution < 1.29 is 27.6 Å². The molecule has 0 unspecified atom stereocenters. The van der Waals surface area contributed by atoms with Crippen LogP contribution in [0.25, 0.3) is 0 Å². The Bertz CT molecular complexity index is 1090. The van der Waals surface area contributed by atoms with Crippen LogP contribution < -0.4 is 15.5 Å². The number of nitrogens with zero attached hydrogens (tertiary/aromatic N) is 3. The van der Waals surface area contributed by atoms with Crippen LogP contribution in [0.3, 0.4) is 0 Å². The van der Waals surface area contributed by atoms with Crippen molar-refractivity contribution in [1.29, 1.82) is 0 Å². The van der Waals surface area contributed by atoms with Gasteiger partial charge in [-0.15, -0.1) is 0 Å². The van der Waals surface area contributed by atoms with E-state index in [9.17, 15) is 27.6 Å². The number of anilines is 1. The average Bonchev–Trinajstić information content (AvgIpc) is 2.92. The van der Waals surface area contributed by atoms with E-state index in [1.807, 2.05) is 35.2 Å². The van der Waals surface area contributed by atoms with Gasteiger partial charge in [0, 0.05) is 32.7 Å². The molecule has 1 aliphatic heterocycles. The monoisotopic (exact) mass is 531 g/mol. The van der Waals surface area contributed by atoms with Crippen molar-refractivity contribution >= 4 is 23.4 Å². The third-order valence-corrected chi connectivity index (χ3v) is 6.24. The summed E-state index contributed by atoms with van der Waals surface area (Å²) in [5.41, 5.74) is 0.440. The molecule has 2 N–H and O–H groups in total. The first kappa shape index (κ1) is 28.7. The first-order valence-corrected chi connectivity index (χ1v) is 12.5. The van der Waals surface area contributed by atoms with Crippen LogP contribution in [0.15, 0.2) is 61.3 Å². The third-order valence-electron chi connectivity index (χ3n) is 6.24. The van der Waals surface area contributed by atoms with E-state index in [0.29, 0.717) is 57.7 Å². The second-order valence-electron chi connectivity index (χ2n) is 8.99. The van der Waals surface area contributed by atoms with Crippen LogP contribution in [0.2, 0.25) is 0 Å². The first-order valence-electron chi connectivity index (χ1n) is 12.5. The Hall–Kier alpha value is -3.89. The van der Waals surface area contributed by atoms with Crippen LogP contribution in [0, 0.1) is 0 Å². The summed E-state index contributed by atoms with van der Waals surface area (Å²) in [6, 6.07) is 10.8. The maximum Gasteiger partial charge on any atom is 0.433 e. The number of carbonyl (C=O) groups excluding carboxylic acids is 3. The van der Waals surface area contributed by atoms with E-state index in [-0.39, 0.29) is 24.1 Å². The molecule has 0 spiro atoms. The van der Waals surface area contributed by atoms with Gasteiger partial charge in [-0.3, -0.25) is 14.4 Å². The maximum atomic E-state index is 13.4. The summed E-state index contributed by atoms with van der Waals surface area (Å²) in [5.74, 6) is -0.731. The minimum absolute atomic E-state index is 0.148. The van der Waals surface area contributed by atoms with Gasteiger partial charge in [-0.25, -0.2) is 4.98 Å². The standard InChI is InChI=1S/C27H32F3N5O3/c1-2-24(36)31-13-7-6-10-22(33-25(37)18-20-8-4-3-5-9-20)26(38)35-16-14-34(15-17-35)21-11-12-23(32-19-21)27(28,29)30/h2-5,8-9,11-12,19,22H,1,6-7,10,13-18H2,(H,31,36)(H,33,37)/t22-/m0/s1. The van der Waals surface area contributed by atoms with E-state index in [4.69, 9.17) is 0 Å². The molecule has 8 nitrogen and oxygen atoms in total. The summed E-state index contributed by atoms with van der Waals surface area (Å²) < 4.78 is 38.4. The molecule has 0 radical (unpaired) electrons. The molecule has 1 saturated heterocycles. The lowest BCUT2D eigenvalue weighted by atomic mass is 10.1. The molecular formula is C27H32F3N5O3. The van der Waals surface area contributed by atoms with Gasteiger partial charge < -0.3 is 20.4 Å². The van der Waals surface area contributed by atoms with Crippen LogP contribution in [-0.2, 0) is 27.0 Å². The SMILES string of the molecule is C=CC(=O)NCCCC[C@H](NC(=O)Cc1ccccc1)C(=O)N1CCN(c2ccc(C(F)(F)F)nc2)CC1. The van der Waals surface area contributed by atoms with Gasteiger partial charge in [0.1, 0.15) is 11.7 Å². The van der Waals surface area contributed by atoms with Crippen LogP contribution in [0.5, 0.6) is 0 Å². The molecule has 204 valence electrons. The summed E-state index contributed by atoms with van der Waals surface area (Å²) in [5, 5.41) is 5.56. The number of nitrogens with one attached hydrogen (secondary N) is 2. The number of aromatic nitrogens is 1. The molecule has 2 heterocycles. The molecule has 1 aliphatic rings. The Morgan fingerprint density at radius 2 is 1.74 bits per heavy atom. The topological polar surface area (TPSA) is 94.6 Å². The summed E-state index contributed by atoms with van der Waals surface area (Å²) in [6.45, 7) is 5.42. The number of hydrogen-bond donors (Lipinski definition) is 2. The van der Waals surface area contributed by atoms with E-state index in [1.54, 1.807) is 4.90 Å². The van der Waals surface area contributed by atoms with E-state index < -0.39 is 17.9 Å². The van der Waals surface area contributed by atoms with Crippen molar-refractivity contribution in [3.63, 3.8) is 0 Å². The average molecular weight is 532 g/mol. The van der Waals surface area contributed by atoms with Gasteiger partial charge in [0.15, 0.2) is 0 Å². The number of benzene rings is 1. The molecule has 0 bridgehead atoms. The van der Waals surface area contributed by atoms with Crippen molar-refractivity contribution in [1.82, 2.24) is 20.5 Å². The molecule has 1 fully saturated rings. The number of halogens is 3. The zero-order chi connectivity index (χ0) is 27.5. The van der Waals surface area contributed by atoms with Gasteiger partial charge >= 0.3 is 6.18 Å². The Labute approximate surface area is 219 Å². The minimum Gasteiger partial charge on any atom is -0.367 e. The second-order valence-corrected chi connectivity index (χ2v) is 8.99. The van der Waals surface area contributed by atoms with E-state index >= 15 is 0 Å². The summed E-state index contributed by atoms with van der Waals surface area (Å²) in [6.07, 6.45) is -0.320. The second kappa shape index (κ2) is 13.6. The summed E-state index contributed by atoms with van der Waals surface area (Å²) in [7, 11) is 0. The smallest absolute Gasteiger partial charge is 0.367 e. The largest absolute Gasteiger partial charge is 0.433 e. The molecule has 11 heteroatoms. The van der Waals surface area contributed by atoms with Crippen LogP contribution >= 0.6 is 0 Å². The highest BCUT2D eigenvalue weighted by Crippen LogP contribution is 2.28. The number of pyridine rings is 1. The number of piperazine rings is 1. The van der Waals surface area contributed by atoms with Crippen molar-refractivity contribution in [2.75, 3.05) is 37.6 Å². The molecule has 2 aromatic rings. The predicted octanol–water partition coefficient (Wildman–Crippen LogP) is 2.95. The van der Waals surface area contributed by atoms with Crippen molar-refractivity contribution in [3.05, 3.63) is 72.6 Å². The number of carbonyl (C=O) groups is 3. The molecule has 1 atom stereocenters. The fourth-order valence-electron chi connectivity index (χ4n) is 4.19. The number of alkyl halides is 3. The quantitative estimate of drug-likeness (QED) is 0.344. The zero-order valence-electron chi connectivity index (χ0n) is 21.0. The van der Waals surface area contributed by atoms with Crippen molar-refractivity contribution in [2.24, 2.45) is 0 Å². The van der Waals surface area contributed by atoms with Gasteiger partial charge in [0.2, 0.25) is 17.7 Å². The predicted molar refractivity (Wildman–Crippen MR) is 137 cm³/mol. The minimum atomic E-state index is -4.50. The lowest BCUT2D eigenvalue weighted by Crippen LogP contribution is -2.55. The number of rotatable bonds is 11. The molecule has 38 heavy (non-hydrogen) atoms. The molecular weight excluding hydrogens is 499 g/mol. The normalized spacial score (nSPS) is 14.5. The van der Waals surface area contributed by atoms with Crippen LogP contribution in [-0.4, -0.2) is 66.4 Å². The highest BCUT2D eigenvalue weighted by atomic mass is 19.4. The van der Waals surface area contributed by atoms with Gasteiger partial charge in [0.05, 0.1) is 18.3 Å². The van der Waals surface area contributed by atoms with E-state index in [0.717, 1.165) is 11.6 Å². The third kappa shape index (κ3) is 8.60. The van der Waals surface area contributed by atoms with Crippen molar-refractivity contribution in [3.8, 4) is 0 Å². The molecule has 3 rings (SSSR count). The van der Waals surface area contributed by atoms with Crippen molar-refractivity contribution in [2.45, 2.75) is 37.9 Å². The summed E-state index contributed by atoms with van der Waals surface area (Å²) in [4.78, 5) is 44.5. The molecule has 1 aromatic heterocycles.